The Morgan fingerprint density at radius 3 is 2.68 bits per heavy atom. The second-order valence-corrected chi connectivity index (χ2v) is 6.04. The van der Waals surface area contributed by atoms with Crippen LogP contribution in [0.4, 0.5) is 11.5 Å². The van der Waals surface area contributed by atoms with Crippen molar-refractivity contribution in [1.29, 1.82) is 0 Å². The fourth-order valence-electron chi connectivity index (χ4n) is 2.78. The molecule has 5 heteroatoms. The number of anilines is 2. The maximum Gasteiger partial charge on any atom is 0.151 e. The van der Waals surface area contributed by atoms with Gasteiger partial charge in [0.25, 0.3) is 0 Å². The average molecular weight is 266 g/mol. The average Bonchev–Trinajstić information content (AvgIpc) is 2.66. The molecule has 2 N–H and O–H groups in total. The van der Waals surface area contributed by atoms with Gasteiger partial charge in [-0.2, -0.15) is 5.10 Å². The van der Waals surface area contributed by atoms with Gasteiger partial charge in [0.05, 0.1) is 17.0 Å². The first-order valence-electron chi connectivity index (χ1n) is 7.02. The molecule has 19 heavy (non-hydrogen) atoms. The van der Waals surface area contributed by atoms with Gasteiger partial charge in [0.15, 0.2) is 5.82 Å². The molecule has 0 bridgehead atoms. The van der Waals surface area contributed by atoms with Crippen molar-refractivity contribution in [3.8, 4) is 0 Å². The molecule has 1 fully saturated rings. The number of ether oxygens (including phenoxy) is 1. The fourth-order valence-corrected chi connectivity index (χ4v) is 2.78. The van der Waals surface area contributed by atoms with Gasteiger partial charge in [0.1, 0.15) is 0 Å². The molecule has 0 amide bonds. The third-order valence-corrected chi connectivity index (χ3v) is 4.05. The van der Waals surface area contributed by atoms with Crippen LogP contribution in [0.1, 0.15) is 45.3 Å². The number of hydrogen-bond acceptors (Lipinski definition) is 4. The summed E-state index contributed by atoms with van der Waals surface area (Å²) >= 11 is 0. The zero-order valence-corrected chi connectivity index (χ0v) is 12.7. The molecular weight excluding hydrogens is 240 g/mol. The molecule has 0 spiro atoms. The standard InChI is InChI=1S/C14H26N4O/c1-10(2)18-13(12(15)11(3)16-18)17-8-6-7-14(4,9-17)19-5/h10H,6-9,15H2,1-5H3. The number of rotatable bonds is 3. The Bertz CT molecular complexity index is 455. The van der Waals surface area contributed by atoms with E-state index < -0.39 is 0 Å². The van der Waals surface area contributed by atoms with Gasteiger partial charge in [0, 0.05) is 26.2 Å². The monoisotopic (exact) mass is 266 g/mol. The molecule has 5 nitrogen and oxygen atoms in total. The summed E-state index contributed by atoms with van der Waals surface area (Å²) in [6.07, 6.45) is 2.21. The number of methoxy groups -OCH3 is 1. The van der Waals surface area contributed by atoms with Crippen LogP contribution in [0.3, 0.4) is 0 Å². The third kappa shape index (κ3) is 2.56. The molecule has 108 valence electrons. The van der Waals surface area contributed by atoms with Gasteiger partial charge < -0.3 is 15.4 Å². The van der Waals surface area contributed by atoms with Gasteiger partial charge in [-0.1, -0.05) is 0 Å². The summed E-state index contributed by atoms with van der Waals surface area (Å²) in [5.74, 6) is 1.05. The molecule has 1 atom stereocenters. The summed E-state index contributed by atoms with van der Waals surface area (Å²) in [5, 5.41) is 4.57. The zero-order valence-electron chi connectivity index (χ0n) is 12.7. The summed E-state index contributed by atoms with van der Waals surface area (Å²) < 4.78 is 7.70. The topological polar surface area (TPSA) is 56.3 Å². The molecule has 0 aliphatic carbocycles. The lowest BCUT2D eigenvalue weighted by Gasteiger charge is -2.41. The molecule has 2 heterocycles. The molecule has 0 aromatic carbocycles. The SMILES string of the molecule is COC1(C)CCCN(c2c(N)c(C)nn2C(C)C)C1. The van der Waals surface area contributed by atoms with Gasteiger partial charge in [-0.15, -0.1) is 0 Å². The summed E-state index contributed by atoms with van der Waals surface area (Å²) in [6.45, 7) is 10.3. The zero-order chi connectivity index (χ0) is 14.2. The maximum atomic E-state index is 6.24. The van der Waals surface area contributed by atoms with Crippen molar-refractivity contribution < 1.29 is 4.74 Å². The van der Waals surface area contributed by atoms with Crippen molar-refractivity contribution in [1.82, 2.24) is 9.78 Å². The van der Waals surface area contributed by atoms with E-state index in [0.29, 0.717) is 6.04 Å². The van der Waals surface area contributed by atoms with Crippen LogP contribution in [0.2, 0.25) is 0 Å². The second kappa shape index (κ2) is 5.04. The van der Waals surface area contributed by atoms with Crippen LogP contribution in [0.25, 0.3) is 0 Å². The van der Waals surface area contributed by atoms with Crippen LogP contribution < -0.4 is 10.6 Å². The lowest BCUT2D eigenvalue weighted by Crippen LogP contribution is -2.48. The van der Waals surface area contributed by atoms with Crippen molar-refractivity contribution in [2.24, 2.45) is 0 Å². The third-order valence-electron chi connectivity index (χ3n) is 4.05. The van der Waals surface area contributed by atoms with Crippen LogP contribution in [0.15, 0.2) is 0 Å². The van der Waals surface area contributed by atoms with Crippen LogP contribution in [-0.2, 0) is 4.74 Å². The number of hydrogen-bond donors (Lipinski definition) is 1. The van der Waals surface area contributed by atoms with Crippen molar-refractivity contribution in [2.75, 3.05) is 30.8 Å². The Morgan fingerprint density at radius 1 is 1.42 bits per heavy atom. The first-order valence-corrected chi connectivity index (χ1v) is 7.02. The van der Waals surface area contributed by atoms with Gasteiger partial charge in [0.2, 0.25) is 0 Å². The molecule has 1 saturated heterocycles. The number of aromatic nitrogens is 2. The molecule has 1 aromatic heterocycles. The highest BCUT2D eigenvalue weighted by Gasteiger charge is 2.33. The molecule has 1 unspecified atom stereocenters. The summed E-state index contributed by atoms with van der Waals surface area (Å²) in [5.41, 5.74) is 7.85. The smallest absolute Gasteiger partial charge is 0.151 e. The largest absolute Gasteiger partial charge is 0.394 e. The number of aryl methyl sites for hydroxylation is 1. The van der Waals surface area contributed by atoms with Crippen LogP contribution in [0, 0.1) is 6.92 Å². The molecule has 2 rings (SSSR count). The summed E-state index contributed by atoms with van der Waals surface area (Å²) in [4.78, 5) is 2.32. The minimum Gasteiger partial charge on any atom is -0.394 e. The highest BCUT2D eigenvalue weighted by molar-refractivity contribution is 5.66. The molecule has 1 aromatic rings. The first kappa shape index (κ1) is 14.2. The fraction of sp³-hybridized carbons (Fsp3) is 0.786. The van der Waals surface area contributed by atoms with Crippen LogP contribution in [-0.4, -0.2) is 35.6 Å². The Hall–Kier alpha value is -1.23. The lowest BCUT2D eigenvalue weighted by atomic mass is 9.94. The van der Waals surface area contributed by atoms with Crippen LogP contribution in [0.5, 0.6) is 0 Å². The maximum absolute atomic E-state index is 6.24. The molecule has 1 aliphatic heterocycles. The van der Waals surface area contributed by atoms with E-state index in [2.05, 4.69) is 30.8 Å². The highest BCUT2D eigenvalue weighted by Crippen LogP contribution is 2.34. The first-order chi connectivity index (χ1) is 8.88. The van der Waals surface area contributed by atoms with E-state index in [9.17, 15) is 0 Å². The number of piperidine rings is 1. The van der Waals surface area contributed by atoms with Gasteiger partial charge in [-0.3, -0.25) is 0 Å². The van der Waals surface area contributed by atoms with Crippen LogP contribution >= 0.6 is 0 Å². The molecule has 0 saturated carbocycles. The quantitative estimate of drug-likeness (QED) is 0.912. The van der Waals surface area contributed by atoms with Gasteiger partial charge in [-0.05, 0) is 40.5 Å². The van der Waals surface area contributed by atoms with Crippen molar-refractivity contribution in [3.63, 3.8) is 0 Å². The summed E-state index contributed by atoms with van der Waals surface area (Å²) in [7, 11) is 1.79. The Labute approximate surface area is 115 Å². The molecule has 1 aliphatic rings. The van der Waals surface area contributed by atoms with E-state index in [4.69, 9.17) is 10.5 Å². The van der Waals surface area contributed by atoms with Gasteiger partial charge >= 0.3 is 0 Å². The number of nitrogens with zero attached hydrogens (tertiary/aromatic N) is 3. The Kier molecular flexibility index (Phi) is 3.76. The second-order valence-electron chi connectivity index (χ2n) is 6.04. The summed E-state index contributed by atoms with van der Waals surface area (Å²) in [6, 6.07) is 0.307. The van der Waals surface area contributed by atoms with Crippen molar-refractivity contribution in [3.05, 3.63) is 5.69 Å². The number of nitrogen functional groups attached to an aromatic ring is 1. The number of nitrogens with two attached hydrogens (primary N) is 1. The van der Waals surface area contributed by atoms with Gasteiger partial charge in [-0.25, -0.2) is 4.68 Å². The van der Waals surface area contributed by atoms with E-state index in [-0.39, 0.29) is 5.60 Å². The predicted molar refractivity (Wildman–Crippen MR) is 78.6 cm³/mol. The van der Waals surface area contributed by atoms with E-state index in [1.165, 1.54) is 0 Å². The van der Waals surface area contributed by atoms with E-state index in [0.717, 1.165) is 43.1 Å². The normalized spacial score (nSPS) is 24.2. The van der Waals surface area contributed by atoms with Crippen molar-refractivity contribution >= 4 is 11.5 Å². The lowest BCUT2D eigenvalue weighted by molar-refractivity contribution is -0.00498. The van der Waals surface area contributed by atoms with Crippen molar-refractivity contribution in [2.45, 2.75) is 52.2 Å². The molecule has 0 radical (unpaired) electrons. The highest BCUT2D eigenvalue weighted by atomic mass is 16.5. The van der Waals surface area contributed by atoms with E-state index >= 15 is 0 Å². The Morgan fingerprint density at radius 2 is 2.11 bits per heavy atom. The minimum absolute atomic E-state index is 0.0926. The predicted octanol–water partition coefficient (Wildman–Crippen LogP) is 2.36. The van der Waals surface area contributed by atoms with E-state index in [1.54, 1.807) is 7.11 Å². The van der Waals surface area contributed by atoms with E-state index in [1.807, 2.05) is 11.6 Å². The minimum atomic E-state index is -0.0926. The molecular formula is C14H26N4O. The Balaban J connectivity index is 2.36.